The number of aromatic nitrogens is 1. The highest BCUT2D eigenvalue weighted by Gasteiger charge is 2.31. The van der Waals surface area contributed by atoms with Gasteiger partial charge in [0.1, 0.15) is 47.5 Å². The largest absolute Gasteiger partial charge is 0.488 e. The lowest BCUT2D eigenvalue weighted by molar-refractivity contribution is 0.296. The van der Waals surface area contributed by atoms with Crippen molar-refractivity contribution in [1.29, 1.82) is 10.5 Å². The average Bonchev–Trinajstić information content (AvgIpc) is 2.79. The van der Waals surface area contributed by atoms with Gasteiger partial charge in [-0.15, -0.1) is 0 Å². The van der Waals surface area contributed by atoms with E-state index < -0.39 is 6.04 Å². The highest BCUT2D eigenvalue weighted by atomic mass is 79.9. The highest BCUT2D eigenvalue weighted by molar-refractivity contribution is 9.10. The maximum atomic E-state index is 14.1. The zero-order valence-electron chi connectivity index (χ0n) is 16.9. The summed E-state index contributed by atoms with van der Waals surface area (Å²) in [6.45, 7) is -0.0228. The van der Waals surface area contributed by atoms with Crippen LogP contribution in [0, 0.1) is 28.6 Å². The molecular formula is C22H16BrFN8O. The molecule has 9 nitrogen and oxygen atoms in total. The van der Waals surface area contributed by atoms with Gasteiger partial charge in [0, 0.05) is 21.2 Å². The first-order valence-electron chi connectivity index (χ1n) is 9.57. The van der Waals surface area contributed by atoms with Crippen LogP contribution in [-0.4, -0.2) is 10.9 Å². The van der Waals surface area contributed by atoms with Crippen LogP contribution in [0.25, 0.3) is 0 Å². The molecule has 164 valence electrons. The number of aliphatic imine (C=N–C) groups is 1. The molecule has 0 bridgehead atoms. The summed E-state index contributed by atoms with van der Waals surface area (Å²) in [5.41, 5.74) is 13.7. The second-order valence-corrected chi connectivity index (χ2v) is 7.88. The predicted molar refractivity (Wildman–Crippen MR) is 124 cm³/mol. The van der Waals surface area contributed by atoms with Crippen molar-refractivity contribution in [3.63, 3.8) is 0 Å². The molecule has 0 saturated carbocycles. The summed E-state index contributed by atoms with van der Waals surface area (Å²) in [6, 6.07) is 12.7. The molecule has 0 amide bonds. The molecule has 0 saturated heterocycles. The van der Waals surface area contributed by atoms with Gasteiger partial charge < -0.3 is 21.5 Å². The SMILES string of the molecule is N#CNC1=NC(c2cc(Br)ccc2OCc2ccccc2F)c2c(nc(N)c(C#N)c2N)N1. The number of pyridine rings is 1. The second kappa shape index (κ2) is 9.02. The zero-order valence-corrected chi connectivity index (χ0v) is 18.5. The molecule has 2 heterocycles. The molecule has 1 atom stereocenters. The number of anilines is 3. The first-order valence-corrected chi connectivity index (χ1v) is 10.4. The number of guanidine groups is 1. The number of ether oxygens (including phenoxy) is 1. The number of nitrogens with one attached hydrogen (secondary N) is 2. The first-order chi connectivity index (χ1) is 15.9. The van der Waals surface area contributed by atoms with E-state index >= 15 is 0 Å². The van der Waals surface area contributed by atoms with Gasteiger partial charge in [0.05, 0.1) is 5.69 Å². The Morgan fingerprint density at radius 1 is 1.21 bits per heavy atom. The highest BCUT2D eigenvalue weighted by Crippen LogP contribution is 2.44. The summed E-state index contributed by atoms with van der Waals surface area (Å²) in [4.78, 5) is 8.79. The van der Waals surface area contributed by atoms with E-state index in [0.29, 0.717) is 22.4 Å². The van der Waals surface area contributed by atoms with Gasteiger partial charge in [0.25, 0.3) is 0 Å². The maximum Gasteiger partial charge on any atom is 0.211 e. The Labute approximate surface area is 196 Å². The van der Waals surface area contributed by atoms with Crippen LogP contribution in [-0.2, 0) is 6.61 Å². The van der Waals surface area contributed by atoms with Gasteiger partial charge in [-0.05, 0) is 24.3 Å². The Morgan fingerprint density at radius 2 is 2.00 bits per heavy atom. The Kier molecular flexibility index (Phi) is 5.98. The molecule has 1 aromatic heterocycles. The average molecular weight is 507 g/mol. The molecule has 1 aliphatic heterocycles. The van der Waals surface area contributed by atoms with Gasteiger partial charge in [0.2, 0.25) is 5.96 Å². The van der Waals surface area contributed by atoms with Gasteiger partial charge in [-0.2, -0.15) is 10.5 Å². The van der Waals surface area contributed by atoms with E-state index in [1.54, 1.807) is 42.6 Å². The molecule has 33 heavy (non-hydrogen) atoms. The molecule has 3 aromatic rings. The van der Waals surface area contributed by atoms with E-state index in [9.17, 15) is 9.65 Å². The predicted octanol–water partition coefficient (Wildman–Crippen LogP) is 3.54. The van der Waals surface area contributed by atoms with Crippen LogP contribution in [0.1, 0.15) is 28.3 Å². The fraction of sp³-hybridized carbons (Fsp3) is 0.0909. The lowest BCUT2D eigenvalue weighted by atomic mass is 9.94. The minimum absolute atomic E-state index is 0.0228. The number of halogens is 2. The first kappa shape index (κ1) is 21.9. The smallest absolute Gasteiger partial charge is 0.211 e. The standard InChI is InChI=1S/C22H16BrFN8O/c23-12-5-6-16(33-9-11-3-1-2-4-15(11)24)13(7-12)19-17-18(27)14(8-25)20(28)31-21(17)32-22(30-19)29-10-26/h1-7,19H,9H2,(H6,27,28,29,30,31,32). The monoisotopic (exact) mass is 506 g/mol. The lowest BCUT2D eigenvalue weighted by Crippen LogP contribution is -2.33. The van der Waals surface area contributed by atoms with Crippen LogP contribution < -0.4 is 26.8 Å². The normalized spacial score (nSPS) is 14.2. The van der Waals surface area contributed by atoms with Crippen LogP contribution in [0.5, 0.6) is 5.75 Å². The summed E-state index contributed by atoms with van der Waals surface area (Å²) in [7, 11) is 0. The topological polar surface area (TPSA) is 158 Å². The second-order valence-electron chi connectivity index (χ2n) is 6.96. The van der Waals surface area contributed by atoms with Gasteiger partial charge in [-0.25, -0.2) is 14.4 Å². The van der Waals surface area contributed by atoms with E-state index in [-0.39, 0.29) is 41.3 Å². The van der Waals surface area contributed by atoms with E-state index in [4.69, 9.17) is 21.5 Å². The number of nitriles is 2. The molecule has 0 aliphatic carbocycles. The third kappa shape index (κ3) is 4.22. The van der Waals surface area contributed by atoms with E-state index in [2.05, 4.69) is 36.5 Å². The fourth-order valence-corrected chi connectivity index (χ4v) is 3.82. The molecule has 0 radical (unpaired) electrons. The summed E-state index contributed by atoms with van der Waals surface area (Å²) in [5.74, 6) is 0.342. The van der Waals surface area contributed by atoms with Crippen molar-refractivity contribution in [2.75, 3.05) is 16.8 Å². The summed E-state index contributed by atoms with van der Waals surface area (Å²) in [6.07, 6.45) is 1.80. The van der Waals surface area contributed by atoms with E-state index in [0.717, 1.165) is 4.47 Å². The van der Waals surface area contributed by atoms with Crippen molar-refractivity contribution < 1.29 is 9.13 Å². The number of hydrogen-bond acceptors (Lipinski definition) is 9. The summed E-state index contributed by atoms with van der Waals surface area (Å²) in [5, 5.41) is 23.9. The number of nitrogen functional groups attached to an aromatic ring is 2. The molecule has 1 unspecified atom stereocenters. The minimum atomic E-state index is -0.801. The summed E-state index contributed by atoms with van der Waals surface area (Å²) < 4.78 is 20.8. The van der Waals surface area contributed by atoms with Crippen LogP contribution in [0.15, 0.2) is 51.9 Å². The Hall–Kier alpha value is -4.35. The molecule has 4 rings (SSSR count). The van der Waals surface area contributed by atoms with Crippen molar-refractivity contribution in [2.24, 2.45) is 4.99 Å². The molecule has 0 fully saturated rings. The van der Waals surface area contributed by atoms with Crippen molar-refractivity contribution in [2.45, 2.75) is 12.6 Å². The molecular weight excluding hydrogens is 491 g/mol. The van der Waals surface area contributed by atoms with E-state index in [1.165, 1.54) is 6.07 Å². The van der Waals surface area contributed by atoms with Crippen molar-refractivity contribution in [3.8, 4) is 18.0 Å². The van der Waals surface area contributed by atoms with Gasteiger partial charge in [-0.1, -0.05) is 34.1 Å². The third-order valence-corrected chi connectivity index (χ3v) is 5.46. The zero-order chi connectivity index (χ0) is 23.5. The number of hydrogen-bond donors (Lipinski definition) is 4. The number of benzene rings is 2. The fourth-order valence-electron chi connectivity index (χ4n) is 3.44. The van der Waals surface area contributed by atoms with Gasteiger partial charge >= 0.3 is 0 Å². The molecule has 6 N–H and O–H groups in total. The Bertz CT molecular complexity index is 1360. The molecule has 11 heteroatoms. The van der Waals surface area contributed by atoms with Crippen LogP contribution >= 0.6 is 15.9 Å². The van der Waals surface area contributed by atoms with Crippen molar-refractivity contribution >= 4 is 39.2 Å². The van der Waals surface area contributed by atoms with E-state index in [1.807, 2.05) is 6.07 Å². The molecule has 2 aromatic carbocycles. The number of fused-ring (bicyclic) bond motifs is 1. The van der Waals surface area contributed by atoms with Crippen molar-refractivity contribution in [1.82, 2.24) is 10.3 Å². The quantitative estimate of drug-likeness (QED) is 0.308. The lowest BCUT2D eigenvalue weighted by Gasteiger charge is -2.27. The maximum absolute atomic E-state index is 14.1. The van der Waals surface area contributed by atoms with Crippen LogP contribution in [0.2, 0.25) is 0 Å². The van der Waals surface area contributed by atoms with Gasteiger partial charge in [0.15, 0.2) is 6.19 Å². The van der Waals surface area contributed by atoms with Gasteiger partial charge in [-0.3, -0.25) is 5.32 Å². The number of nitrogens with zero attached hydrogens (tertiary/aromatic N) is 4. The Morgan fingerprint density at radius 3 is 2.73 bits per heavy atom. The third-order valence-electron chi connectivity index (χ3n) is 4.97. The molecule has 0 spiro atoms. The minimum Gasteiger partial charge on any atom is -0.488 e. The molecule has 1 aliphatic rings. The summed E-state index contributed by atoms with van der Waals surface area (Å²) >= 11 is 3.45. The van der Waals surface area contributed by atoms with Crippen LogP contribution in [0.3, 0.4) is 0 Å². The van der Waals surface area contributed by atoms with Crippen molar-refractivity contribution in [3.05, 3.63) is 75.0 Å². The Balaban J connectivity index is 1.84. The van der Waals surface area contributed by atoms with Crippen LogP contribution in [0.4, 0.5) is 21.7 Å². The number of nitrogens with two attached hydrogens (primary N) is 2. The number of rotatable bonds is 4.